The average molecular weight is 319 g/mol. The molecular weight excluding hydrogens is 304 g/mol. The van der Waals surface area contributed by atoms with Gasteiger partial charge in [-0.2, -0.15) is 0 Å². The predicted molar refractivity (Wildman–Crippen MR) is 85.1 cm³/mol. The Morgan fingerprint density at radius 1 is 0.889 bits per heavy atom. The summed E-state index contributed by atoms with van der Waals surface area (Å²) in [6.07, 6.45) is 0. The van der Waals surface area contributed by atoms with Gasteiger partial charge < -0.3 is 0 Å². The Balaban J connectivity index is 2.09. The molecule has 2 aromatic rings. The van der Waals surface area contributed by atoms with Gasteiger partial charge in [-0.05, 0) is 52.9 Å². The summed E-state index contributed by atoms with van der Waals surface area (Å²) in [6.45, 7) is 4.20. The van der Waals surface area contributed by atoms with E-state index >= 15 is 0 Å². The molecule has 0 aliphatic carbocycles. The van der Waals surface area contributed by atoms with Gasteiger partial charge in [-0.25, -0.2) is 0 Å². The van der Waals surface area contributed by atoms with Gasteiger partial charge in [0.1, 0.15) is 0 Å². The van der Waals surface area contributed by atoms with E-state index in [1.165, 1.54) is 21.6 Å². The fraction of sp³-hybridized carbons (Fsp3) is 0.125. The Labute approximate surface area is 121 Å². The van der Waals surface area contributed by atoms with Crippen molar-refractivity contribution in [1.82, 2.24) is 0 Å². The third kappa shape index (κ3) is 3.76. The lowest BCUT2D eigenvalue weighted by atomic mass is 10.1. The quantitative estimate of drug-likeness (QED) is 0.645. The van der Waals surface area contributed by atoms with Crippen molar-refractivity contribution in [1.29, 1.82) is 0 Å². The predicted octanol–water partition coefficient (Wildman–Crippen LogP) is 5.79. The number of halogens is 1. The number of benzene rings is 2. The molecule has 0 heterocycles. The Hall–Kier alpha value is -0.990. The molecule has 18 heavy (non-hydrogen) atoms. The van der Waals surface area contributed by atoms with Gasteiger partial charge in [0.2, 0.25) is 0 Å². The van der Waals surface area contributed by atoms with Crippen molar-refractivity contribution in [2.75, 3.05) is 0 Å². The monoisotopic (exact) mass is 318 g/mol. The maximum Gasteiger partial charge on any atom is 0.0314 e. The van der Waals surface area contributed by atoms with Gasteiger partial charge in [-0.3, -0.25) is 0 Å². The first kappa shape index (κ1) is 13.4. The molecule has 0 atom stereocenters. The van der Waals surface area contributed by atoms with Crippen molar-refractivity contribution in [3.63, 3.8) is 0 Å². The second-order valence-electron chi connectivity index (χ2n) is 4.26. The second-order valence-corrected chi connectivity index (χ2v) is 6.06. The highest BCUT2D eigenvalue weighted by atomic mass is 79.9. The van der Waals surface area contributed by atoms with E-state index < -0.39 is 0 Å². The Morgan fingerprint density at radius 3 is 1.94 bits per heavy atom. The first-order chi connectivity index (χ1) is 8.65. The first-order valence-corrected chi connectivity index (χ1v) is 7.48. The number of thioether (sulfide) groups is 1. The lowest BCUT2D eigenvalue weighted by molar-refractivity contribution is 1.38. The molecule has 0 saturated carbocycles. The molecule has 0 N–H and O–H groups in total. The van der Waals surface area contributed by atoms with Gasteiger partial charge in [0.05, 0.1) is 0 Å². The molecule has 92 valence electrons. The van der Waals surface area contributed by atoms with Crippen molar-refractivity contribution in [2.45, 2.75) is 18.7 Å². The smallest absolute Gasteiger partial charge is 0.0314 e. The number of aryl methyl sites for hydroxylation is 2. The van der Waals surface area contributed by atoms with Crippen LogP contribution in [0, 0.1) is 13.8 Å². The van der Waals surface area contributed by atoms with Crippen LogP contribution in [0.5, 0.6) is 0 Å². The van der Waals surface area contributed by atoms with Crippen LogP contribution in [0.1, 0.15) is 16.7 Å². The number of rotatable bonds is 3. The highest BCUT2D eigenvalue weighted by Gasteiger charge is 1.97. The van der Waals surface area contributed by atoms with Crippen molar-refractivity contribution in [3.8, 4) is 0 Å². The molecule has 0 fully saturated rings. The molecule has 0 nitrogen and oxygen atoms in total. The van der Waals surface area contributed by atoms with Crippen LogP contribution in [-0.2, 0) is 0 Å². The molecule has 2 rings (SSSR count). The van der Waals surface area contributed by atoms with Gasteiger partial charge >= 0.3 is 0 Å². The van der Waals surface area contributed by atoms with Crippen LogP contribution in [0.4, 0.5) is 0 Å². The largest absolute Gasteiger partial charge is 0.0969 e. The Bertz CT molecular complexity index is 538. The third-order valence-electron chi connectivity index (χ3n) is 2.65. The molecule has 0 unspecified atom stereocenters. The molecule has 0 bridgehead atoms. The van der Waals surface area contributed by atoms with Crippen LogP contribution >= 0.6 is 27.7 Å². The summed E-state index contributed by atoms with van der Waals surface area (Å²) < 4.78 is 1.12. The molecule has 2 aromatic carbocycles. The highest BCUT2D eigenvalue weighted by Crippen LogP contribution is 2.28. The van der Waals surface area contributed by atoms with Crippen molar-refractivity contribution < 1.29 is 0 Å². The normalized spacial score (nSPS) is 11.6. The fourth-order valence-electron chi connectivity index (χ4n) is 1.52. The molecule has 0 spiro atoms. The number of hydrogen-bond acceptors (Lipinski definition) is 1. The second kappa shape index (κ2) is 6.26. The van der Waals surface area contributed by atoms with E-state index in [1.807, 2.05) is 0 Å². The zero-order valence-electron chi connectivity index (χ0n) is 10.5. The van der Waals surface area contributed by atoms with Gasteiger partial charge in [0, 0.05) is 9.38 Å². The summed E-state index contributed by atoms with van der Waals surface area (Å²) >= 11 is 5.35. The summed E-state index contributed by atoms with van der Waals surface area (Å²) in [5.74, 6) is 0. The topological polar surface area (TPSA) is 0 Å². The summed E-state index contributed by atoms with van der Waals surface area (Å²) in [7, 11) is 0. The van der Waals surface area contributed by atoms with Crippen LogP contribution in [0.2, 0.25) is 0 Å². The molecule has 0 aromatic heterocycles. The van der Waals surface area contributed by atoms with E-state index in [0.29, 0.717) is 0 Å². The SMILES string of the molecule is Cc1ccc(S/C=C(/Br)c2ccc(C)cc2)cc1. The van der Waals surface area contributed by atoms with E-state index in [1.54, 1.807) is 11.8 Å². The molecule has 0 aliphatic heterocycles. The van der Waals surface area contributed by atoms with Crippen LogP contribution < -0.4 is 0 Å². The summed E-state index contributed by atoms with van der Waals surface area (Å²) in [6, 6.07) is 17.1. The maximum atomic E-state index is 3.62. The first-order valence-electron chi connectivity index (χ1n) is 5.81. The van der Waals surface area contributed by atoms with Crippen molar-refractivity contribution in [3.05, 3.63) is 70.6 Å². The summed E-state index contributed by atoms with van der Waals surface area (Å²) in [5, 5.41) is 2.13. The van der Waals surface area contributed by atoms with Gasteiger partial charge in [-0.15, -0.1) is 0 Å². The third-order valence-corrected chi connectivity index (χ3v) is 4.53. The van der Waals surface area contributed by atoms with Crippen LogP contribution in [0.15, 0.2) is 58.8 Å². The number of hydrogen-bond donors (Lipinski definition) is 0. The minimum atomic E-state index is 1.12. The lowest BCUT2D eigenvalue weighted by Gasteiger charge is -2.01. The molecule has 0 aliphatic rings. The van der Waals surface area contributed by atoms with Crippen LogP contribution in [0.25, 0.3) is 4.48 Å². The highest BCUT2D eigenvalue weighted by molar-refractivity contribution is 9.15. The van der Waals surface area contributed by atoms with E-state index in [4.69, 9.17) is 0 Å². The molecule has 0 radical (unpaired) electrons. The standard InChI is InChI=1S/C16H15BrS/c1-12-3-7-14(8-4-12)16(17)11-18-15-9-5-13(2)6-10-15/h3-11H,1-2H3/b16-11+. The molecule has 2 heteroatoms. The Kier molecular flexibility index (Phi) is 4.67. The van der Waals surface area contributed by atoms with E-state index in [2.05, 4.69) is 83.7 Å². The summed E-state index contributed by atoms with van der Waals surface area (Å²) in [5.41, 5.74) is 3.78. The van der Waals surface area contributed by atoms with E-state index in [0.717, 1.165) is 4.48 Å². The molecule has 0 amide bonds. The zero-order chi connectivity index (χ0) is 13.0. The van der Waals surface area contributed by atoms with Crippen LogP contribution in [-0.4, -0.2) is 0 Å². The van der Waals surface area contributed by atoms with Crippen LogP contribution in [0.3, 0.4) is 0 Å². The maximum absolute atomic E-state index is 3.62. The lowest BCUT2D eigenvalue weighted by Crippen LogP contribution is -1.77. The Morgan fingerprint density at radius 2 is 1.39 bits per heavy atom. The van der Waals surface area contributed by atoms with Gasteiger partial charge in [0.25, 0.3) is 0 Å². The zero-order valence-corrected chi connectivity index (χ0v) is 12.9. The van der Waals surface area contributed by atoms with Crippen molar-refractivity contribution in [2.24, 2.45) is 0 Å². The summed E-state index contributed by atoms with van der Waals surface area (Å²) in [4.78, 5) is 1.25. The van der Waals surface area contributed by atoms with Gasteiger partial charge in [-0.1, -0.05) is 59.3 Å². The van der Waals surface area contributed by atoms with Crippen molar-refractivity contribution >= 4 is 32.2 Å². The fourth-order valence-corrected chi connectivity index (χ4v) is 2.73. The van der Waals surface area contributed by atoms with E-state index in [-0.39, 0.29) is 0 Å². The average Bonchev–Trinajstić information content (AvgIpc) is 2.38. The molecule has 0 saturated heterocycles. The molecular formula is C16H15BrS. The van der Waals surface area contributed by atoms with Gasteiger partial charge in [0.15, 0.2) is 0 Å². The minimum Gasteiger partial charge on any atom is -0.0969 e. The van der Waals surface area contributed by atoms with E-state index in [9.17, 15) is 0 Å². The minimum absolute atomic E-state index is 1.12.